The smallest absolute Gasteiger partial charge is 0.0108 e. The average molecular weight is 276 g/mol. The van der Waals surface area contributed by atoms with Crippen molar-refractivity contribution in [2.45, 2.75) is 23.7 Å². The number of nitrogens with one attached hydrogen (secondary N) is 1. The van der Waals surface area contributed by atoms with E-state index in [1.165, 1.54) is 49.7 Å². The van der Waals surface area contributed by atoms with Crippen molar-refractivity contribution >= 4 is 11.8 Å². The second-order valence-electron chi connectivity index (χ2n) is 5.87. The van der Waals surface area contributed by atoms with Crippen molar-refractivity contribution in [2.24, 2.45) is 5.92 Å². The minimum atomic E-state index is 0.745. The topological polar surface area (TPSA) is 15.3 Å². The number of fused-ring (bicyclic) bond motifs is 1. The highest BCUT2D eigenvalue weighted by Gasteiger charge is 2.27. The molecule has 1 aromatic carbocycles. The van der Waals surface area contributed by atoms with Gasteiger partial charge in [-0.3, -0.25) is 0 Å². The average Bonchev–Trinajstić information content (AvgIpc) is 2.83. The fraction of sp³-hybridized carbons (Fsp3) is 0.625. The van der Waals surface area contributed by atoms with Gasteiger partial charge in [-0.05, 0) is 50.5 Å². The van der Waals surface area contributed by atoms with E-state index in [9.17, 15) is 0 Å². The molecule has 19 heavy (non-hydrogen) atoms. The lowest BCUT2D eigenvalue weighted by Crippen LogP contribution is -2.41. The molecule has 1 aromatic rings. The van der Waals surface area contributed by atoms with E-state index in [0.717, 1.165) is 11.8 Å². The molecule has 1 fully saturated rings. The molecule has 2 atom stereocenters. The zero-order chi connectivity index (χ0) is 13.1. The minimum Gasteiger partial charge on any atom is -0.319 e. The van der Waals surface area contributed by atoms with E-state index in [1.807, 2.05) is 11.8 Å². The molecular weight excluding hydrogens is 252 g/mol. The summed E-state index contributed by atoms with van der Waals surface area (Å²) in [4.78, 5) is 4.20. The van der Waals surface area contributed by atoms with E-state index in [-0.39, 0.29) is 0 Å². The Bertz CT molecular complexity index is 419. The van der Waals surface area contributed by atoms with Gasteiger partial charge >= 0.3 is 0 Å². The zero-order valence-corrected chi connectivity index (χ0v) is 12.6. The summed E-state index contributed by atoms with van der Waals surface area (Å²) in [5, 5.41) is 3.34. The number of hydrogen-bond acceptors (Lipinski definition) is 3. The van der Waals surface area contributed by atoms with Crippen molar-refractivity contribution in [3.63, 3.8) is 0 Å². The summed E-state index contributed by atoms with van der Waals surface area (Å²) in [6, 6.07) is 8.96. The van der Waals surface area contributed by atoms with Crippen LogP contribution in [0.15, 0.2) is 29.2 Å². The maximum atomic E-state index is 3.34. The van der Waals surface area contributed by atoms with Crippen LogP contribution in [0, 0.1) is 5.92 Å². The SMILES string of the molecule is CNCC1CCCN(CC2CSc3ccccc32)C1. The largest absolute Gasteiger partial charge is 0.319 e. The van der Waals surface area contributed by atoms with E-state index in [0.29, 0.717) is 0 Å². The second-order valence-corrected chi connectivity index (χ2v) is 6.93. The van der Waals surface area contributed by atoms with Crippen molar-refractivity contribution in [3.05, 3.63) is 29.8 Å². The summed E-state index contributed by atoms with van der Waals surface area (Å²) in [6.45, 7) is 5.00. The quantitative estimate of drug-likeness (QED) is 0.910. The molecule has 2 aliphatic heterocycles. The number of thioether (sulfide) groups is 1. The van der Waals surface area contributed by atoms with Crippen molar-refractivity contribution in [1.82, 2.24) is 10.2 Å². The van der Waals surface area contributed by atoms with Crippen LogP contribution in [0.5, 0.6) is 0 Å². The van der Waals surface area contributed by atoms with Crippen LogP contribution >= 0.6 is 11.8 Å². The Morgan fingerprint density at radius 2 is 2.26 bits per heavy atom. The Hall–Kier alpha value is -0.510. The van der Waals surface area contributed by atoms with Gasteiger partial charge in [0.1, 0.15) is 0 Å². The van der Waals surface area contributed by atoms with Gasteiger partial charge in [0.25, 0.3) is 0 Å². The van der Waals surface area contributed by atoms with E-state index in [2.05, 4.69) is 41.5 Å². The summed E-state index contributed by atoms with van der Waals surface area (Å²) in [5.41, 5.74) is 1.59. The molecule has 0 aliphatic carbocycles. The molecule has 0 aromatic heterocycles. The fourth-order valence-electron chi connectivity index (χ4n) is 3.46. The van der Waals surface area contributed by atoms with Crippen LogP contribution in [0.3, 0.4) is 0 Å². The van der Waals surface area contributed by atoms with Crippen molar-refractivity contribution < 1.29 is 0 Å². The molecule has 0 amide bonds. The molecule has 3 rings (SSSR count). The molecule has 0 saturated carbocycles. The molecule has 0 spiro atoms. The minimum absolute atomic E-state index is 0.745. The predicted octanol–water partition coefficient (Wildman–Crippen LogP) is 2.81. The Kier molecular flexibility index (Phi) is 4.46. The number of likely N-dealkylation sites (tertiary alicyclic amines) is 1. The Balaban J connectivity index is 1.60. The van der Waals surface area contributed by atoms with Gasteiger partial charge in [0, 0.05) is 29.7 Å². The van der Waals surface area contributed by atoms with E-state index in [4.69, 9.17) is 0 Å². The normalized spacial score (nSPS) is 27.4. The molecule has 0 radical (unpaired) electrons. The van der Waals surface area contributed by atoms with Crippen LogP contribution in [-0.2, 0) is 0 Å². The van der Waals surface area contributed by atoms with Crippen molar-refractivity contribution in [1.29, 1.82) is 0 Å². The van der Waals surface area contributed by atoms with Crippen molar-refractivity contribution in [2.75, 3.05) is 39.0 Å². The molecule has 3 heteroatoms. The van der Waals surface area contributed by atoms with Gasteiger partial charge in [-0.2, -0.15) is 0 Å². The Morgan fingerprint density at radius 3 is 3.16 bits per heavy atom. The molecule has 1 saturated heterocycles. The maximum absolute atomic E-state index is 3.34. The van der Waals surface area contributed by atoms with Gasteiger partial charge in [-0.15, -0.1) is 11.8 Å². The molecule has 2 aliphatic rings. The van der Waals surface area contributed by atoms with Gasteiger partial charge in [-0.25, -0.2) is 0 Å². The lowest BCUT2D eigenvalue weighted by atomic mass is 9.95. The molecule has 104 valence electrons. The number of rotatable bonds is 4. The number of hydrogen-bond donors (Lipinski definition) is 1. The third kappa shape index (κ3) is 3.15. The highest BCUT2D eigenvalue weighted by atomic mass is 32.2. The van der Waals surface area contributed by atoms with Gasteiger partial charge in [-0.1, -0.05) is 18.2 Å². The Morgan fingerprint density at radius 1 is 1.37 bits per heavy atom. The highest BCUT2D eigenvalue weighted by molar-refractivity contribution is 7.99. The lowest BCUT2D eigenvalue weighted by molar-refractivity contribution is 0.168. The van der Waals surface area contributed by atoms with Gasteiger partial charge in [0.15, 0.2) is 0 Å². The van der Waals surface area contributed by atoms with Crippen molar-refractivity contribution in [3.8, 4) is 0 Å². The summed E-state index contributed by atoms with van der Waals surface area (Å²) in [5.74, 6) is 2.87. The molecule has 2 heterocycles. The van der Waals surface area contributed by atoms with E-state index < -0.39 is 0 Å². The van der Waals surface area contributed by atoms with Crippen LogP contribution in [0.25, 0.3) is 0 Å². The second kappa shape index (κ2) is 6.29. The first-order chi connectivity index (χ1) is 9.36. The molecule has 2 nitrogen and oxygen atoms in total. The zero-order valence-electron chi connectivity index (χ0n) is 11.8. The van der Waals surface area contributed by atoms with Crippen LogP contribution in [0.4, 0.5) is 0 Å². The predicted molar refractivity (Wildman–Crippen MR) is 83.0 cm³/mol. The van der Waals surface area contributed by atoms with Crippen LogP contribution in [-0.4, -0.2) is 43.9 Å². The third-order valence-corrected chi connectivity index (χ3v) is 5.63. The van der Waals surface area contributed by atoms with Gasteiger partial charge in [0.2, 0.25) is 0 Å². The first-order valence-corrected chi connectivity index (χ1v) is 8.44. The summed E-state index contributed by atoms with van der Waals surface area (Å²) < 4.78 is 0. The van der Waals surface area contributed by atoms with Crippen LogP contribution in [0.1, 0.15) is 24.3 Å². The molecule has 1 N–H and O–H groups in total. The third-order valence-electron chi connectivity index (χ3n) is 4.37. The number of nitrogens with zero attached hydrogens (tertiary/aromatic N) is 1. The van der Waals surface area contributed by atoms with E-state index >= 15 is 0 Å². The first kappa shape index (κ1) is 13.5. The number of benzene rings is 1. The van der Waals surface area contributed by atoms with Crippen LogP contribution < -0.4 is 5.32 Å². The van der Waals surface area contributed by atoms with Crippen LogP contribution in [0.2, 0.25) is 0 Å². The summed E-state index contributed by atoms with van der Waals surface area (Å²) in [7, 11) is 2.07. The maximum Gasteiger partial charge on any atom is 0.0108 e. The number of piperidine rings is 1. The first-order valence-electron chi connectivity index (χ1n) is 7.45. The summed E-state index contributed by atoms with van der Waals surface area (Å²) >= 11 is 2.04. The molecule has 0 bridgehead atoms. The van der Waals surface area contributed by atoms with Gasteiger partial charge in [0.05, 0.1) is 0 Å². The standard InChI is InChI=1S/C16H24N2S/c1-17-9-13-5-4-8-18(10-13)11-14-12-19-16-7-3-2-6-15(14)16/h2-3,6-7,13-14,17H,4-5,8-12H2,1H3. The summed E-state index contributed by atoms with van der Waals surface area (Å²) in [6.07, 6.45) is 2.77. The monoisotopic (exact) mass is 276 g/mol. The lowest BCUT2D eigenvalue weighted by Gasteiger charge is -2.34. The van der Waals surface area contributed by atoms with E-state index in [1.54, 1.807) is 5.56 Å². The van der Waals surface area contributed by atoms with Gasteiger partial charge < -0.3 is 10.2 Å². The molecular formula is C16H24N2S. The molecule has 2 unspecified atom stereocenters. The fourth-order valence-corrected chi connectivity index (χ4v) is 4.71. The highest BCUT2D eigenvalue weighted by Crippen LogP contribution is 2.39. The Labute approximate surface area is 121 Å².